The molecule has 1 aromatic heterocycles. The normalized spacial score (nSPS) is 18.5. The molecule has 1 saturated carbocycles. The Morgan fingerprint density at radius 2 is 2.00 bits per heavy atom. The van der Waals surface area contributed by atoms with Crippen molar-refractivity contribution in [1.29, 1.82) is 0 Å². The highest BCUT2D eigenvalue weighted by atomic mass is 32.2. The van der Waals surface area contributed by atoms with Crippen LogP contribution in [0.3, 0.4) is 0 Å². The van der Waals surface area contributed by atoms with E-state index in [0.717, 1.165) is 48.8 Å². The zero-order valence-electron chi connectivity index (χ0n) is 13.6. The number of fused-ring (bicyclic) bond motifs is 1. The smallest absolute Gasteiger partial charge is 0.238 e. The van der Waals surface area contributed by atoms with E-state index in [0.29, 0.717) is 6.04 Å². The van der Waals surface area contributed by atoms with Gasteiger partial charge in [0.25, 0.3) is 0 Å². The molecule has 4 rings (SSSR count). The molecule has 0 spiro atoms. The minimum Gasteiger partial charge on any atom is -0.352 e. The SMILES string of the molecule is O=C(NC1CC1)[C@@H](Sc1nnc2n1CCCCC2)c1ccccc1. The number of carbonyl (C=O) groups excluding carboxylic acids is 1. The Labute approximate surface area is 146 Å². The van der Waals surface area contributed by atoms with Crippen molar-refractivity contribution in [1.82, 2.24) is 20.1 Å². The molecule has 0 unspecified atom stereocenters. The van der Waals surface area contributed by atoms with Crippen molar-refractivity contribution in [3.05, 3.63) is 41.7 Å². The third kappa shape index (κ3) is 3.48. The Kier molecular flexibility index (Phi) is 4.56. The Hall–Kier alpha value is -1.82. The van der Waals surface area contributed by atoms with Crippen LogP contribution < -0.4 is 5.32 Å². The molecule has 5 nitrogen and oxygen atoms in total. The van der Waals surface area contributed by atoms with Crippen molar-refractivity contribution in [3.8, 4) is 0 Å². The fourth-order valence-electron chi connectivity index (χ4n) is 3.06. The number of nitrogens with one attached hydrogen (secondary N) is 1. The molecule has 1 fully saturated rings. The molecule has 0 bridgehead atoms. The van der Waals surface area contributed by atoms with Gasteiger partial charge in [-0.1, -0.05) is 48.5 Å². The summed E-state index contributed by atoms with van der Waals surface area (Å²) in [4.78, 5) is 12.8. The van der Waals surface area contributed by atoms with Crippen LogP contribution >= 0.6 is 11.8 Å². The monoisotopic (exact) mass is 342 g/mol. The average Bonchev–Trinajstić information content (AvgIpc) is 3.38. The Bertz CT molecular complexity index is 711. The van der Waals surface area contributed by atoms with Crippen molar-refractivity contribution in [2.75, 3.05) is 0 Å². The minimum absolute atomic E-state index is 0.0830. The Balaban J connectivity index is 1.59. The van der Waals surface area contributed by atoms with Crippen LogP contribution in [0, 0.1) is 0 Å². The first-order chi connectivity index (χ1) is 11.8. The van der Waals surface area contributed by atoms with Gasteiger partial charge in [0, 0.05) is 19.0 Å². The van der Waals surface area contributed by atoms with Crippen molar-refractivity contribution in [3.63, 3.8) is 0 Å². The first-order valence-corrected chi connectivity index (χ1v) is 9.63. The highest BCUT2D eigenvalue weighted by Crippen LogP contribution is 2.36. The van der Waals surface area contributed by atoms with E-state index in [9.17, 15) is 4.79 Å². The molecule has 2 aromatic rings. The lowest BCUT2D eigenvalue weighted by Crippen LogP contribution is -2.30. The van der Waals surface area contributed by atoms with Crippen molar-refractivity contribution >= 4 is 17.7 Å². The molecule has 1 atom stereocenters. The molecule has 1 N–H and O–H groups in total. The molecule has 1 aliphatic carbocycles. The summed E-state index contributed by atoms with van der Waals surface area (Å²) in [6.45, 7) is 0.955. The Morgan fingerprint density at radius 1 is 1.17 bits per heavy atom. The zero-order valence-corrected chi connectivity index (χ0v) is 14.5. The number of aromatic nitrogens is 3. The average molecular weight is 342 g/mol. The second-order valence-corrected chi connectivity index (χ2v) is 7.62. The molecular weight excluding hydrogens is 320 g/mol. The predicted molar refractivity (Wildman–Crippen MR) is 93.8 cm³/mol. The summed E-state index contributed by atoms with van der Waals surface area (Å²) in [5, 5.41) is 12.5. The van der Waals surface area contributed by atoms with Crippen LogP contribution in [-0.4, -0.2) is 26.7 Å². The molecule has 2 aliphatic rings. The summed E-state index contributed by atoms with van der Waals surface area (Å²) in [5.41, 5.74) is 1.02. The maximum absolute atomic E-state index is 12.8. The summed E-state index contributed by atoms with van der Waals surface area (Å²) in [5.74, 6) is 1.14. The zero-order chi connectivity index (χ0) is 16.4. The van der Waals surface area contributed by atoms with Gasteiger partial charge in [-0.2, -0.15) is 0 Å². The molecule has 126 valence electrons. The quantitative estimate of drug-likeness (QED) is 0.848. The van der Waals surface area contributed by atoms with Gasteiger partial charge in [0.2, 0.25) is 5.91 Å². The number of thioether (sulfide) groups is 1. The van der Waals surface area contributed by atoms with Gasteiger partial charge in [0.1, 0.15) is 11.1 Å². The van der Waals surface area contributed by atoms with E-state index >= 15 is 0 Å². The summed E-state index contributed by atoms with van der Waals surface area (Å²) in [6, 6.07) is 10.3. The molecule has 0 saturated heterocycles. The van der Waals surface area contributed by atoms with E-state index < -0.39 is 0 Å². The summed E-state index contributed by atoms with van der Waals surface area (Å²) in [6.07, 6.45) is 6.74. The van der Waals surface area contributed by atoms with Gasteiger partial charge >= 0.3 is 0 Å². The van der Waals surface area contributed by atoms with E-state index in [1.54, 1.807) is 0 Å². The third-order valence-corrected chi connectivity index (χ3v) is 5.80. The predicted octanol–water partition coefficient (Wildman–Crippen LogP) is 3.12. The van der Waals surface area contributed by atoms with Crippen LogP contribution in [0.5, 0.6) is 0 Å². The highest BCUT2D eigenvalue weighted by molar-refractivity contribution is 8.00. The molecule has 1 amide bonds. The van der Waals surface area contributed by atoms with Crippen molar-refractivity contribution in [2.45, 2.75) is 61.5 Å². The number of amides is 1. The first kappa shape index (κ1) is 15.7. The third-order valence-electron chi connectivity index (χ3n) is 4.56. The molecule has 0 radical (unpaired) electrons. The second-order valence-electron chi connectivity index (χ2n) is 6.55. The van der Waals surface area contributed by atoms with Crippen LogP contribution in [0.15, 0.2) is 35.5 Å². The molecule has 1 aliphatic heterocycles. The highest BCUT2D eigenvalue weighted by Gasteiger charge is 2.30. The van der Waals surface area contributed by atoms with Gasteiger partial charge in [-0.15, -0.1) is 10.2 Å². The van der Waals surface area contributed by atoms with Crippen LogP contribution in [0.4, 0.5) is 0 Å². The lowest BCUT2D eigenvalue weighted by atomic mass is 10.1. The number of benzene rings is 1. The molecule has 1 aromatic carbocycles. The lowest BCUT2D eigenvalue weighted by Gasteiger charge is -2.17. The number of rotatable bonds is 5. The van der Waals surface area contributed by atoms with Crippen molar-refractivity contribution < 1.29 is 4.79 Å². The number of hydrogen-bond donors (Lipinski definition) is 1. The van der Waals surface area contributed by atoms with E-state index in [2.05, 4.69) is 20.1 Å². The molecular formula is C18H22N4OS. The van der Waals surface area contributed by atoms with Crippen molar-refractivity contribution in [2.24, 2.45) is 0 Å². The molecule has 24 heavy (non-hydrogen) atoms. The fraction of sp³-hybridized carbons (Fsp3) is 0.500. The first-order valence-electron chi connectivity index (χ1n) is 8.75. The number of aryl methyl sites for hydroxylation is 1. The summed E-state index contributed by atoms with van der Waals surface area (Å²) in [7, 11) is 0. The molecule has 6 heteroatoms. The van der Waals surface area contributed by atoms with Crippen LogP contribution in [0.2, 0.25) is 0 Å². The van der Waals surface area contributed by atoms with Gasteiger partial charge < -0.3 is 9.88 Å². The lowest BCUT2D eigenvalue weighted by molar-refractivity contribution is -0.120. The summed E-state index contributed by atoms with van der Waals surface area (Å²) >= 11 is 1.53. The maximum atomic E-state index is 12.8. The van der Waals surface area contributed by atoms with Crippen LogP contribution in [0.25, 0.3) is 0 Å². The number of nitrogens with zero attached hydrogens (tertiary/aromatic N) is 3. The number of carbonyl (C=O) groups is 1. The fourth-order valence-corrected chi connectivity index (χ4v) is 4.15. The standard InChI is InChI=1S/C18H22N4OS/c23-17(19-14-10-11-14)16(13-7-3-1-4-8-13)24-18-21-20-15-9-5-2-6-12-22(15)18/h1,3-4,7-8,14,16H,2,5-6,9-12H2,(H,19,23)/t16-/m0/s1. The van der Waals surface area contributed by atoms with E-state index in [4.69, 9.17) is 0 Å². The Morgan fingerprint density at radius 3 is 2.79 bits per heavy atom. The summed E-state index contributed by atoms with van der Waals surface area (Å²) < 4.78 is 2.21. The van der Waals surface area contributed by atoms with Gasteiger partial charge in [-0.05, 0) is 31.2 Å². The van der Waals surface area contributed by atoms with Crippen LogP contribution in [-0.2, 0) is 17.8 Å². The van der Waals surface area contributed by atoms with E-state index in [1.165, 1.54) is 24.6 Å². The maximum Gasteiger partial charge on any atom is 0.238 e. The number of hydrogen-bond acceptors (Lipinski definition) is 4. The molecule has 2 heterocycles. The minimum atomic E-state index is -0.275. The van der Waals surface area contributed by atoms with E-state index in [1.807, 2.05) is 30.3 Å². The van der Waals surface area contributed by atoms with E-state index in [-0.39, 0.29) is 11.2 Å². The topological polar surface area (TPSA) is 59.8 Å². The van der Waals surface area contributed by atoms with Gasteiger partial charge in [0.05, 0.1) is 0 Å². The van der Waals surface area contributed by atoms with Gasteiger partial charge in [-0.3, -0.25) is 4.79 Å². The van der Waals surface area contributed by atoms with Gasteiger partial charge in [-0.25, -0.2) is 0 Å². The van der Waals surface area contributed by atoms with Gasteiger partial charge in [0.15, 0.2) is 5.16 Å². The second kappa shape index (κ2) is 6.97. The van der Waals surface area contributed by atoms with Crippen LogP contribution in [0.1, 0.15) is 48.7 Å². The largest absolute Gasteiger partial charge is 0.352 e.